The van der Waals surface area contributed by atoms with E-state index >= 15 is 0 Å². The molecule has 9 nitrogen and oxygen atoms in total. The average molecular weight is 430 g/mol. The van der Waals surface area contributed by atoms with Gasteiger partial charge in [0.25, 0.3) is 0 Å². The lowest BCUT2D eigenvalue weighted by atomic mass is 9.88. The predicted molar refractivity (Wildman–Crippen MR) is 106 cm³/mol. The van der Waals surface area contributed by atoms with Gasteiger partial charge in [0, 0.05) is 48.6 Å². The maximum atomic E-state index is 6.36. The molecule has 0 aromatic heterocycles. The Bertz CT molecular complexity index is 595. The van der Waals surface area contributed by atoms with Crippen LogP contribution in [0, 0.1) is 11.8 Å². The van der Waals surface area contributed by atoms with Gasteiger partial charge in [-0.3, -0.25) is 0 Å². The van der Waals surface area contributed by atoms with Crippen LogP contribution in [0.3, 0.4) is 0 Å². The molecule has 1 fully saturated rings. The highest BCUT2D eigenvalue weighted by Gasteiger charge is 2.51. The molecule has 30 heavy (non-hydrogen) atoms. The van der Waals surface area contributed by atoms with Crippen molar-refractivity contribution in [2.75, 3.05) is 55.9 Å². The van der Waals surface area contributed by atoms with Crippen LogP contribution < -0.4 is 0 Å². The van der Waals surface area contributed by atoms with E-state index in [0.717, 1.165) is 5.57 Å². The first-order valence-corrected chi connectivity index (χ1v) is 10.1. The van der Waals surface area contributed by atoms with E-state index in [1.165, 1.54) is 0 Å². The van der Waals surface area contributed by atoms with Gasteiger partial charge in [0.05, 0.1) is 31.5 Å². The molecule has 2 aliphatic heterocycles. The zero-order valence-electron chi connectivity index (χ0n) is 18.5. The second kappa shape index (κ2) is 11.0. The third-order valence-corrected chi connectivity index (χ3v) is 6.00. The minimum atomic E-state index is -0.742. The summed E-state index contributed by atoms with van der Waals surface area (Å²) in [5.74, 6) is 0.0197. The van der Waals surface area contributed by atoms with Crippen LogP contribution in [0.2, 0.25) is 0 Å². The molecule has 172 valence electrons. The van der Waals surface area contributed by atoms with Crippen LogP contribution in [0.1, 0.15) is 0 Å². The van der Waals surface area contributed by atoms with Crippen molar-refractivity contribution in [1.82, 2.24) is 0 Å². The average Bonchev–Trinajstić information content (AvgIpc) is 3.12. The van der Waals surface area contributed by atoms with Gasteiger partial charge in [0.15, 0.2) is 6.29 Å². The van der Waals surface area contributed by atoms with Crippen LogP contribution in [0.5, 0.6) is 0 Å². The summed E-state index contributed by atoms with van der Waals surface area (Å²) in [6.07, 6.45) is 2.66. The summed E-state index contributed by atoms with van der Waals surface area (Å²) in [5.41, 5.74) is 1.07. The smallest absolute Gasteiger partial charge is 0.209 e. The van der Waals surface area contributed by atoms with Gasteiger partial charge < -0.3 is 42.6 Å². The molecule has 0 spiro atoms. The van der Waals surface area contributed by atoms with Crippen molar-refractivity contribution >= 4 is 0 Å². The molecular weight excluding hydrogens is 396 g/mol. The highest BCUT2D eigenvalue weighted by atomic mass is 16.8. The number of fused-ring (bicyclic) bond motifs is 1. The fourth-order valence-corrected chi connectivity index (χ4v) is 4.64. The minimum Gasteiger partial charge on any atom is -0.472 e. The van der Waals surface area contributed by atoms with Crippen molar-refractivity contribution in [1.29, 1.82) is 0 Å². The van der Waals surface area contributed by atoms with Crippen molar-refractivity contribution in [3.63, 3.8) is 0 Å². The van der Waals surface area contributed by atoms with E-state index in [2.05, 4.69) is 6.08 Å². The third-order valence-electron chi connectivity index (χ3n) is 6.00. The quantitative estimate of drug-likeness (QED) is 0.474. The molecule has 0 radical (unpaired) electrons. The Morgan fingerprint density at radius 2 is 1.57 bits per heavy atom. The van der Waals surface area contributed by atoms with Crippen molar-refractivity contribution in [3.05, 3.63) is 24.0 Å². The van der Waals surface area contributed by atoms with E-state index in [4.69, 9.17) is 42.6 Å². The van der Waals surface area contributed by atoms with Crippen molar-refractivity contribution in [2.45, 2.75) is 43.1 Å². The first kappa shape index (κ1) is 23.6. The molecule has 3 aliphatic rings. The summed E-state index contributed by atoms with van der Waals surface area (Å²) in [7, 11) is 9.80. The monoisotopic (exact) mass is 430 g/mol. The number of hydrogen-bond donors (Lipinski definition) is 0. The summed E-state index contributed by atoms with van der Waals surface area (Å²) in [4.78, 5) is 0. The molecule has 9 atom stereocenters. The normalized spacial score (nSPS) is 40.7. The zero-order chi connectivity index (χ0) is 21.7. The lowest BCUT2D eigenvalue weighted by molar-refractivity contribution is -0.347. The summed E-state index contributed by atoms with van der Waals surface area (Å²) >= 11 is 0. The van der Waals surface area contributed by atoms with Gasteiger partial charge in [-0.25, -0.2) is 0 Å². The Balaban J connectivity index is 1.82. The van der Waals surface area contributed by atoms with Crippen LogP contribution in [-0.2, 0) is 42.6 Å². The SMILES string of the molecule is COCC1=CC(OC)C2C=COC(O[C@@H]3O[C@H](COC)[C@@H](OC)[C@@H](OC)[C@H]3OC)C12. The number of hydrogen-bond acceptors (Lipinski definition) is 9. The molecule has 9 heteroatoms. The Morgan fingerprint density at radius 3 is 2.17 bits per heavy atom. The lowest BCUT2D eigenvalue weighted by Crippen LogP contribution is -2.62. The first-order chi connectivity index (χ1) is 14.6. The Labute approximate surface area is 178 Å². The fraction of sp³-hybridized carbons (Fsp3) is 0.810. The second-order valence-corrected chi connectivity index (χ2v) is 7.55. The van der Waals surface area contributed by atoms with E-state index < -0.39 is 24.8 Å². The molecule has 3 rings (SSSR count). The van der Waals surface area contributed by atoms with E-state index in [1.807, 2.05) is 6.08 Å². The summed E-state index contributed by atoms with van der Waals surface area (Å²) in [6.45, 7) is 0.794. The Kier molecular flexibility index (Phi) is 8.67. The highest BCUT2D eigenvalue weighted by Crippen LogP contribution is 2.42. The maximum absolute atomic E-state index is 6.36. The van der Waals surface area contributed by atoms with E-state index in [-0.39, 0.29) is 30.1 Å². The standard InChI is InChI=1S/C21H34O9/c1-22-10-12-9-14(24-3)13-7-8-28-20(16(12)13)30-21-19(27-6)18(26-5)17(25-4)15(29-21)11-23-2/h7-9,13-21H,10-11H2,1-6H3/t13?,14?,15-,16?,17-,18-,19-,20?,21+/m1/s1. The van der Waals surface area contributed by atoms with Crippen molar-refractivity contribution < 1.29 is 42.6 Å². The van der Waals surface area contributed by atoms with Gasteiger partial charge in [0.1, 0.15) is 24.4 Å². The predicted octanol–water partition coefficient (Wildman–Crippen LogP) is 1.12. The van der Waals surface area contributed by atoms with Crippen LogP contribution in [0.4, 0.5) is 0 Å². The molecule has 0 N–H and O–H groups in total. The highest BCUT2D eigenvalue weighted by molar-refractivity contribution is 5.26. The summed E-state index contributed by atoms with van der Waals surface area (Å²) in [6, 6.07) is 0. The zero-order valence-corrected chi connectivity index (χ0v) is 18.5. The van der Waals surface area contributed by atoms with Crippen LogP contribution in [-0.4, -0.2) is 99.0 Å². The fourth-order valence-electron chi connectivity index (χ4n) is 4.64. The van der Waals surface area contributed by atoms with Gasteiger partial charge in [-0.1, -0.05) is 6.08 Å². The topological polar surface area (TPSA) is 83.1 Å². The Hall–Kier alpha value is -1.04. The molecule has 0 saturated carbocycles. The van der Waals surface area contributed by atoms with Gasteiger partial charge >= 0.3 is 0 Å². The summed E-state index contributed by atoms with van der Waals surface area (Å²) in [5, 5.41) is 0. The maximum Gasteiger partial charge on any atom is 0.209 e. The number of ether oxygens (including phenoxy) is 9. The molecule has 1 aliphatic carbocycles. The van der Waals surface area contributed by atoms with Crippen LogP contribution >= 0.6 is 0 Å². The second-order valence-electron chi connectivity index (χ2n) is 7.55. The molecule has 1 saturated heterocycles. The van der Waals surface area contributed by atoms with Gasteiger partial charge in [-0.15, -0.1) is 0 Å². The molecule has 4 unspecified atom stereocenters. The van der Waals surface area contributed by atoms with E-state index in [9.17, 15) is 0 Å². The largest absolute Gasteiger partial charge is 0.472 e. The van der Waals surface area contributed by atoms with Gasteiger partial charge in [0.2, 0.25) is 6.29 Å². The third kappa shape index (κ3) is 4.58. The number of methoxy groups -OCH3 is 6. The van der Waals surface area contributed by atoms with Crippen molar-refractivity contribution in [2.24, 2.45) is 11.8 Å². The first-order valence-electron chi connectivity index (χ1n) is 10.1. The molecule has 0 bridgehead atoms. The van der Waals surface area contributed by atoms with Gasteiger partial charge in [-0.2, -0.15) is 0 Å². The molecule has 2 heterocycles. The van der Waals surface area contributed by atoms with Crippen LogP contribution in [0.15, 0.2) is 24.0 Å². The molecule has 0 amide bonds. The summed E-state index contributed by atoms with van der Waals surface area (Å²) < 4.78 is 51.8. The van der Waals surface area contributed by atoms with Crippen molar-refractivity contribution in [3.8, 4) is 0 Å². The van der Waals surface area contributed by atoms with E-state index in [1.54, 1.807) is 48.9 Å². The van der Waals surface area contributed by atoms with Gasteiger partial charge in [-0.05, 0) is 11.6 Å². The lowest BCUT2D eigenvalue weighted by Gasteiger charge is -2.46. The van der Waals surface area contributed by atoms with E-state index in [0.29, 0.717) is 13.2 Å². The Morgan fingerprint density at radius 1 is 0.833 bits per heavy atom. The molecular formula is C21H34O9. The minimum absolute atomic E-state index is 0.0666. The molecule has 0 aromatic rings. The molecule has 0 aromatic carbocycles. The number of rotatable bonds is 10. The van der Waals surface area contributed by atoms with Crippen LogP contribution in [0.25, 0.3) is 0 Å².